The Balaban J connectivity index is 1.59. The van der Waals surface area contributed by atoms with Gasteiger partial charge in [0.05, 0.1) is 18.5 Å². The van der Waals surface area contributed by atoms with Crippen LogP contribution >= 0.6 is 0 Å². The van der Waals surface area contributed by atoms with Crippen LogP contribution in [0.2, 0.25) is 0 Å². The lowest BCUT2D eigenvalue weighted by Gasteiger charge is -2.09. The number of hydrogen-bond donors (Lipinski definition) is 2. The summed E-state index contributed by atoms with van der Waals surface area (Å²) in [5.74, 6) is 1.15. The molecule has 2 heterocycles. The first kappa shape index (κ1) is 19.7. The average Bonchev–Trinajstić information content (AvgIpc) is 3.18. The first-order chi connectivity index (χ1) is 14.8. The monoisotopic (exact) mass is 406 g/mol. The first-order valence-corrected chi connectivity index (χ1v) is 9.54. The summed E-state index contributed by atoms with van der Waals surface area (Å²) in [6.45, 7) is 1.09. The molecule has 4 aromatic rings. The van der Waals surface area contributed by atoms with Gasteiger partial charge in [0.2, 0.25) is 5.95 Å². The van der Waals surface area contributed by atoms with Crippen molar-refractivity contribution in [1.82, 2.24) is 25.0 Å². The molecular weight excluding hydrogens is 384 g/mol. The fraction of sp³-hybridized carbons (Fsp3) is 0.238. The summed E-state index contributed by atoms with van der Waals surface area (Å²) in [5, 5.41) is 20.7. The van der Waals surface area contributed by atoms with Crippen molar-refractivity contribution >= 4 is 22.8 Å². The quantitative estimate of drug-likeness (QED) is 0.408. The first-order valence-electron chi connectivity index (χ1n) is 9.54. The second kappa shape index (κ2) is 9.29. The van der Waals surface area contributed by atoms with E-state index in [0.29, 0.717) is 36.7 Å². The second-order valence-electron chi connectivity index (χ2n) is 6.54. The van der Waals surface area contributed by atoms with Crippen LogP contribution in [0.25, 0.3) is 16.9 Å². The van der Waals surface area contributed by atoms with Crippen molar-refractivity contribution in [2.45, 2.75) is 6.42 Å². The van der Waals surface area contributed by atoms with Gasteiger partial charge >= 0.3 is 0 Å². The van der Waals surface area contributed by atoms with Gasteiger partial charge in [-0.25, -0.2) is 4.98 Å². The second-order valence-corrected chi connectivity index (χ2v) is 6.54. The summed E-state index contributed by atoms with van der Waals surface area (Å²) < 4.78 is 12.3. The Bertz CT molecular complexity index is 1130. The summed E-state index contributed by atoms with van der Waals surface area (Å²) in [4.78, 5) is 8.92. The van der Waals surface area contributed by atoms with Gasteiger partial charge in [0.1, 0.15) is 12.4 Å². The number of fused-ring (bicyclic) bond motifs is 1. The minimum atomic E-state index is 0.0893. The zero-order valence-electron chi connectivity index (χ0n) is 16.5. The lowest BCUT2D eigenvalue weighted by molar-refractivity contribution is 0.146. The van der Waals surface area contributed by atoms with Gasteiger partial charge in [0, 0.05) is 25.5 Å². The van der Waals surface area contributed by atoms with Crippen molar-refractivity contribution in [2.24, 2.45) is 0 Å². The number of aromatic nitrogens is 5. The molecule has 0 unspecified atom stereocenters. The van der Waals surface area contributed by atoms with E-state index >= 15 is 0 Å². The Kier molecular flexibility index (Phi) is 6.11. The van der Waals surface area contributed by atoms with Gasteiger partial charge in [0.25, 0.3) is 0 Å². The van der Waals surface area contributed by atoms with Crippen LogP contribution in [0.15, 0.2) is 54.7 Å². The molecule has 0 aliphatic heterocycles. The van der Waals surface area contributed by atoms with Crippen molar-refractivity contribution < 1.29 is 14.6 Å². The molecule has 2 N–H and O–H groups in total. The van der Waals surface area contributed by atoms with Gasteiger partial charge in [-0.3, -0.25) is 0 Å². The molecule has 0 fully saturated rings. The maximum absolute atomic E-state index is 9.19. The molecule has 2 aromatic heterocycles. The van der Waals surface area contributed by atoms with E-state index < -0.39 is 0 Å². The number of anilines is 2. The molecule has 9 nitrogen and oxygen atoms in total. The molecule has 0 atom stereocenters. The third-order valence-electron chi connectivity index (χ3n) is 4.39. The van der Waals surface area contributed by atoms with Crippen LogP contribution in [-0.4, -0.2) is 57.0 Å². The molecule has 0 radical (unpaired) electrons. The molecule has 0 bridgehead atoms. The predicted octanol–water partition coefficient (Wildman–Crippen LogP) is 2.51. The molecule has 0 saturated heterocycles. The summed E-state index contributed by atoms with van der Waals surface area (Å²) in [7, 11) is 1.64. The van der Waals surface area contributed by atoms with Crippen molar-refractivity contribution in [1.29, 1.82) is 0 Å². The minimum Gasteiger partial charge on any atom is -0.491 e. The molecule has 0 aliphatic rings. The average molecular weight is 406 g/mol. The highest BCUT2D eigenvalue weighted by atomic mass is 16.5. The van der Waals surface area contributed by atoms with E-state index in [9.17, 15) is 5.11 Å². The predicted molar refractivity (Wildman–Crippen MR) is 112 cm³/mol. The van der Waals surface area contributed by atoms with Crippen molar-refractivity contribution in [3.8, 4) is 11.4 Å². The van der Waals surface area contributed by atoms with Crippen LogP contribution in [0.3, 0.4) is 0 Å². The third kappa shape index (κ3) is 4.53. The largest absolute Gasteiger partial charge is 0.491 e. The van der Waals surface area contributed by atoms with E-state index in [-0.39, 0.29) is 6.61 Å². The number of nitrogens with one attached hydrogen (secondary N) is 1. The lowest BCUT2D eigenvalue weighted by Crippen LogP contribution is -2.05. The normalized spacial score (nSPS) is 11.0. The van der Waals surface area contributed by atoms with Crippen LogP contribution in [0.4, 0.5) is 11.6 Å². The van der Waals surface area contributed by atoms with Crippen LogP contribution in [-0.2, 0) is 11.2 Å². The molecule has 0 aliphatic carbocycles. The smallest absolute Gasteiger partial charge is 0.229 e. The van der Waals surface area contributed by atoms with E-state index in [1.54, 1.807) is 18.0 Å². The Labute approximate surface area is 173 Å². The van der Waals surface area contributed by atoms with E-state index in [0.717, 1.165) is 22.7 Å². The molecule has 4 rings (SSSR count). The van der Waals surface area contributed by atoms with Gasteiger partial charge in [-0.05, 0) is 36.2 Å². The topological polar surface area (TPSA) is 107 Å². The highest BCUT2D eigenvalue weighted by molar-refractivity contribution is 5.73. The molecule has 2 aromatic carbocycles. The number of nitrogens with zero attached hydrogens (tertiary/aromatic N) is 5. The highest BCUT2D eigenvalue weighted by Crippen LogP contribution is 2.22. The van der Waals surface area contributed by atoms with Gasteiger partial charge in [-0.2, -0.15) is 9.67 Å². The number of rotatable bonds is 9. The van der Waals surface area contributed by atoms with E-state index in [1.165, 1.54) is 0 Å². The summed E-state index contributed by atoms with van der Waals surface area (Å²) in [6.07, 6.45) is 2.20. The van der Waals surface area contributed by atoms with Crippen LogP contribution < -0.4 is 10.1 Å². The third-order valence-corrected chi connectivity index (χ3v) is 4.39. The number of aliphatic hydroxyl groups excluding tert-OH is 1. The maximum Gasteiger partial charge on any atom is 0.229 e. The molecule has 30 heavy (non-hydrogen) atoms. The highest BCUT2D eigenvalue weighted by Gasteiger charge is 2.11. The van der Waals surface area contributed by atoms with Gasteiger partial charge in [0.15, 0.2) is 11.2 Å². The number of methoxy groups -OCH3 is 1. The maximum atomic E-state index is 9.19. The lowest BCUT2D eigenvalue weighted by atomic mass is 10.1. The van der Waals surface area contributed by atoms with Crippen molar-refractivity contribution in [3.63, 3.8) is 0 Å². The van der Waals surface area contributed by atoms with E-state index in [2.05, 4.69) is 25.6 Å². The van der Waals surface area contributed by atoms with E-state index in [1.807, 2.05) is 48.5 Å². The van der Waals surface area contributed by atoms with Crippen LogP contribution in [0.1, 0.15) is 5.56 Å². The molecule has 0 amide bonds. The number of ether oxygens (including phenoxy) is 2. The SMILES string of the molecule is COCCOc1cccc(Nc2ncc3nnn(-c4cccc(CCO)c4)c3n2)c1. The molecular formula is C21H22N6O3. The van der Waals surface area contributed by atoms with Gasteiger partial charge in [-0.15, -0.1) is 5.10 Å². The summed E-state index contributed by atoms with van der Waals surface area (Å²) in [6, 6.07) is 15.3. The van der Waals surface area contributed by atoms with Crippen molar-refractivity contribution in [3.05, 3.63) is 60.3 Å². The summed E-state index contributed by atoms with van der Waals surface area (Å²) in [5.41, 5.74) is 3.80. The molecule has 0 spiro atoms. The Hall–Kier alpha value is -3.56. The fourth-order valence-electron chi connectivity index (χ4n) is 2.97. The van der Waals surface area contributed by atoms with E-state index in [4.69, 9.17) is 9.47 Å². The Morgan fingerprint density at radius 3 is 2.87 bits per heavy atom. The van der Waals surface area contributed by atoms with Gasteiger partial charge < -0.3 is 19.9 Å². The Morgan fingerprint density at radius 1 is 1.10 bits per heavy atom. The fourth-order valence-corrected chi connectivity index (χ4v) is 2.97. The standard InChI is InChI=1S/C21H22N6O3/c1-29-10-11-30-18-7-3-5-16(13-18)23-21-22-14-19-20(24-21)27(26-25-19)17-6-2-4-15(12-17)8-9-28/h2-7,12-14,28H,8-11H2,1H3,(H,22,23,24). The minimum absolute atomic E-state index is 0.0893. The zero-order chi connectivity index (χ0) is 20.8. The van der Waals surface area contributed by atoms with Crippen molar-refractivity contribution in [2.75, 3.05) is 32.2 Å². The summed E-state index contributed by atoms with van der Waals surface area (Å²) >= 11 is 0. The molecule has 9 heteroatoms. The number of aliphatic hydroxyl groups is 1. The molecule has 154 valence electrons. The Morgan fingerprint density at radius 2 is 2.00 bits per heavy atom. The van der Waals surface area contributed by atoms with Crippen LogP contribution in [0.5, 0.6) is 5.75 Å². The molecule has 0 saturated carbocycles. The van der Waals surface area contributed by atoms with Gasteiger partial charge in [-0.1, -0.05) is 23.4 Å². The number of benzene rings is 2. The van der Waals surface area contributed by atoms with Crippen LogP contribution in [0, 0.1) is 0 Å². The number of hydrogen-bond acceptors (Lipinski definition) is 8. The zero-order valence-corrected chi connectivity index (χ0v) is 16.5.